The molecule has 0 radical (unpaired) electrons. The summed E-state index contributed by atoms with van der Waals surface area (Å²) in [7, 11) is 0. The van der Waals surface area contributed by atoms with E-state index in [2.05, 4.69) is 4.98 Å². The van der Waals surface area contributed by atoms with Crippen LogP contribution in [0.3, 0.4) is 0 Å². The number of rotatable bonds is 1. The zero-order chi connectivity index (χ0) is 10.1. The Hall–Kier alpha value is -1.97. The number of aromatic hydroxyl groups is 1. The average molecular weight is 190 g/mol. The molecule has 1 aromatic heterocycles. The highest BCUT2D eigenvalue weighted by Crippen LogP contribution is 2.30. The molecule has 0 amide bonds. The SMILES string of the molecule is Cc1ncc(-c2ccc(N)cc2O)o1. The second kappa shape index (κ2) is 3.06. The van der Waals surface area contributed by atoms with Crippen molar-refractivity contribution in [3.63, 3.8) is 0 Å². The summed E-state index contributed by atoms with van der Waals surface area (Å²) in [6.07, 6.45) is 1.57. The molecule has 14 heavy (non-hydrogen) atoms. The molecule has 1 heterocycles. The lowest BCUT2D eigenvalue weighted by atomic mass is 10.1. The largest absolute Gasteiger partial charge is 0.507 e. The Morgan fingerprint density at radius 2 is 2.21 bits per heavy atom. The topological polar surface area (TPSA) is 72.3 Å². The molecule has 4 heteroatoms. The van der Waals surface area contributed by atoms with E-state index in [1.807, 2.05) is 0 Å². The molecule has 4 nitrogen and oxygen atoms in total. The molecule has 0 aliphatic rings. The number of anilines is 1. The molecule has 0 atom stereocenters. The molecular weight excluding hydrogens is 180 g/mol. The highest BCUT2D eigenvalue weighted by Gasteiger charge is 2.08. The van der Waals surface area contributed by atoms with E-state index in [9.17, 15) is 5.11 Å². The Morgan fingerprint density at radius 1 is 1.43 bits per heavy atom. The van der Waals surface area contributed by atoms with E-state index in [4.69, 9.17) is 10.2 Å². The van der Waals surface area contributed by atoms with Crippen LogP contribution in [0.1, 0.15) is 5.89 Å². The van der Waals surface area contributed by atoms with Gasteiger partial charge in [0.1, 0.15) is 5.75 Å². The first-order valence-corrected chi connectivity index (χ1v) is 4.18. The van der Waals surface area contributed by atoms with Gasteiger partial charge in [-0.3, -0.25) is 0 Å². The number of nitrogen functional groups attached to an aromatic ring is 1. The van der Waals surface area contributed by atoms with Crippen LogP contribution in [0, 0.1) is 6.92 Å². The number of phenolic OH excluding ortho intramolecular Hbond substituents is 1. The van der Waals surface area contributed by atoms with E-state index in [1.54, 1.807) is 25.3 Å². The summed E-state index contributed by atoms with van der Waals surface area (Å²) in [6, 6.07) is 4.88. The van der Waals surface area contributed by atoms with Crippen molar-refractivity contribution in [3.8, 4) is 17.1 Å². The van der Waals surface area contributed by atoms with E-state index >= 15 is 0 Å². The predicted molar refractivity (Wildman–Crippen MR) is 52.8 cm³/mol. The lowest BCUT2D eigenvalue weighted by Crippen LogP contribution is -1.84. The molecule has 0 saturated heterocycles. The molecule has 3 N–H and O–H groups in total. The van der Waals surface area contributed by atoms with Crippen molar-refractivity contribution in [2.75, 3.05) is 5.73 Å². The molecular formula is C10H10N2O2. The van der Waals surface area contributed by atoms with Crippen LogP contribution < -0.4 is 5.73 Å². The zero-order valence-corrected chi connectivity index (χ0v) is 7.69. The fourth-order valence-electron chi connectivity index (χ4n) is 1.24. The second-order valence-corrected chi connectivity index (χ2v) is 3.02. The summed E-state index contributed by atoms with van der Waals surface area (Å²) in [5, 5.41) is 9.59. The van der Waals surface area contributed by atoms with Gasteiger partial charge in [-0.05, 0) is 12.1 Å². The van der Waals surface area contributed by atoms with Crippen LogP contribution in [0.2, 0.25) is 0 Å². The minimum Gasteiger partial charge on any atom is -0.507 e. The van der Waals surface area contributed by atoms with Gasteiger partial charge in [-0.25, -0.2) is 4.98 Å². The van der Waals surface area contributed by atoms with Crippen LogP contribution in [0.4, 0.5) is 5.69 Å². The predicted octanol–water partition coefficient (Wildman–Crippen LogP) is 1.94. The minimum absolute atomic E-state index is 0.0983. The summed E-state index contributed by atoms with van der Waals surface area (Å²) in [6.45, 7) is 1.75. The number of phenols is 1. The lowest BCUT2D eigenvalue weighted by Gasteiger charge is -2.01. The molecule has 1 aromatic carbocycles. The smallest absolute Gasteiger partial charge is 0.191 e. The monoisotopic (exact) mass is 190 g/mol. The number of hydrogen-bond donors (Lipinski definition) is 2. The van der Waals surface area contributed by atoms with Crippen LogP contribution in [0.15, 0.2) is 28.8 Å². The molecule has 0 saturated carbocycles. The Kier molecular flexibility index (Phi) is 1.89. The fraction of sp³-hybridized carbons (Fsp3) is 0.100. The second-order valence-electron chi connectivity index (χ2n) is 3.02. The number of hydrogen-bond acceptors (Lipinski definition) is 4. The van der Waals surface area contributed by atoms with Crippen molar-refractivity contribution < 1.29 is 9.52 Å². The van der Waals surface area contributed by atoms with Gasteiger partial charge < -0.3 is 15.3 Å². The fourth-order valence-corrected chi connectivity index (χ4v) is 1.24. The highest BCUT2D eigenvalue weighted by molar-refractivity contribution is 5.68. The van der Waals surface area contributed by atoms with Crippen LogP contribution in [0.25, 0.3) is 11.3 Å². The van der Waals surface area contributed by atoms with Gasteiger partial charge in [0, 0.05) is 18.7 Å². The van der Waals surface area contributed by atoms with Gasteiger partial charge >= 0.3 is 0 Å². The first kappa shape index (κ1) is 8.62. The van der Waals surface area contributed by atoms with Crippen LogP contribution in [0.5, 0.6) is 5.75 Å². The molecule has 0 fully saturated rings. The Morgan fingerprint density at radius 3 is 2.79 bits per heavy atom. The molecule has 2 rings (SSSR count). The van der Waals surface area contributed by atoms with E-state index in [1.165, 1.54) is 6.07 Å². The normalized spacial score (nSPS) is 10.4. The van der Waals surface area contributed by atoms with Crippen molar-refractivity contribution in [2.45, 2.75) is 6.92 Å². The molecule has 0 spiro atoms. The number of oxazole rings is 1. The maximum atomic E-state index is 9.59. The van der Waals surface area contributed by atoms with Crippen molar-refractivity contribution >= 4 is 5.69 Å². The van der Waals surface area contributed by atoms with E-state index in [-0.39, 0.29) is 5.75 Å². The Balaban J connectivity index is 2.52. The summed E-state index contributed by atoms with van der Waals surface area (Å²) in [5.41, 5.74) is 6.62. The van der Waals surface area contributed by atoms with Gasteiger partial charge in [-0.15, -0.1) is 0 Å². The zero-order valence-electron chi connectivity index (χ0n) is 7.69. The third-order valence-electron chi connectivity index (χ3n) is 1.91. The van der Waals surface area contributed by atoms with Gasteiger partial charge in [0.05, 0.1) is 11.8 Å². The van der Waals surface area contributed by atoms with Gasteiger partial charge in [0.2, 0.25) is 0 Å². The van der Waals surface area contributed by atoms with Crippen LogP contribution in [-0.4, -0.2) is 10.1 Å². The number of nitrogens with zero attached hydrogens (tertiary/aromatic N) is 1. The number of aryl methyl sites for hydroxylation is 1. The summed E-state index contributed by atoms with van der Waals surface area (Å²) < 4.78 is 5.28. The van der Waals surface area contributed by atoms with Gasteiger partial charge in [-0.1, -0.05) is 0 Å². The highest BCUT2D eigenvalue weighted by atomic mass is 16.4. The van der Waals surface area contributed by atoms with Gasteiger partial charge in [0.25, 0.3) is 0 Å². The third kappa shape index (κ3) is 1.42. The summed E-state index contributed by atoms with van der Waals surface area (Å²) >= 11 is 0. The standard InChI is InChI=1S/C10H10N2O2/c1-6-12-5-10(14-6)8-3-2-7(11)4-9(8)13/h2-5,13H,11H2,1H3. The first-order chi connectivity index (χ1) is 6.66. The molecule has 2 aromatic rings. The summed E-state index contributed by atoms with van der Waals surface area (Å²) in [4.78, 5) is 3.95. The number of aromatic nitrogens is 1. The van der Waals surface area contributed by atoms with E-state index < -0.39 is 0 Å². The first-order valence-electron chi connectivity index (χ1n) is 4.18. The number of benzene rings is 1. The van der Waals surface area contributed by atoms with Crippen LogP contribution in [-0.2, 0) is 0 Å². The minimum atomic E-state index is 0.0983. The van der Waals surface area contributed by atoms with Gasteiger partial charge in [-0.2, -0.15) is 0 Å². The van der Waals surface area contributed by atoms with Crippen molar-refractivity contribution in [2.24, 2.45) is 0 Å². The molecule has 72 valence electrons. The van der Waals surface area contributed by atoms with Crippen LogP contribution >= 0.6 is 0 Å². The number of nitrogens with two attached hydrogens (primary N) is 1. The molecule has 0 unspecified atom stereocenters. The molecule has 0 aliphatic carbocycles. The quantitative estimate of drug-likeness (QED) is 0.674. The average Bonchev–Trinajstić information content (AvgIpc) is 2.51. The molecule has 0 aliphatic heterocycles. The Bertz CT molecular complexity index is 463. The maximum Gasteiger partial charge on any atom is 0.191 e. The van der Waals surface area contributed by atoms with E-state index in [0.717, 1.165) is 0 Å². The van der Waals surface area contributed by atoms with Crippen molar-refractivity contribution in [1.29, 1.82) is 0 Å². The molecule has 0 bridgehead atoms. The summed E-state index contributed by atoms with van der Waals surface area (Å²) in [5.74, 6) is 1.21. The lowest BCUT2D eigenvalue weighted by molar-refractivity contribution is 0.472. The third-order valence-corrected chi connectivity index (χ3v) is 1.91. The van der Waals surface area contributed by atoms with Crippen molar-refractivity contribution in [3.05, 3.63) is 30.3 Å². The van der Waals surface area contributed by atoms with Gasteiger partial charge in [0.15, 0.2) is 11.7 Å². The van der Waals surface area contributed by atoms with Crippen molar-refractivity contribution in [1.82, 2.24) is 4.98 Å². The Labute approximate surface area is 81.0 Å². The maximum absolute atomic E-state index is 9.59. The van der Waals surface area contributed by atoms with E-state index in [0.29, 0.717) is 22.9 Å².